The van der Waals surface area contributed by atoms with Crippen LogP contribution in [0.2, 0.25) is 0 Å². The Morgan fingerprint density at radius 2 is 1.93 bits per heavy atom. The molecule has 2 amide bonds. The number of rotatable bonds is 3. The fourth-order valence-corrected chi connectivity index (χ4v) is 4.18. The van der Waals surface area contributed by atoms with E-state index >= 15 is 0 Å². The fourth-order valence-electron chi connectivity index (χ4n) is 4.18. The summed E-state index contributed by atoms with van der Waals surface area (Å²) in [7, 11) is 0. The number of fused-ring (bicyclic) bond motifs is 2. The van der Waals surface area contributed by atoms with Gasteiger partial charge in [0.25, 0.3) is 11.6 Å². The fraction of sp³-hybridized carbons (Fsp3) is 0.556. The van der Waals surface area contributed by atoms with Crippen molar-refractivity contribution in [1.29, 1.82) is 0 Å². The van der Waals surface area contributed by atoms with Gasteiger partial charge < -0.3 is 15.0 Å². The molecule has 0 saturated carbocycles. The molecule has 3 aliphatic heterocycles. The maximum absolute atomic E-state index is 12.9. The van der Waals surface area contributed by atoms with Gasteiger partial charge in [0.1, 0.15) is 12.3 Å². The van der Waals surface area contributed by atoms with Gasteiger partial charge in [-0.3, -0.25) is 24.6 Å². The minimum absolute atomic E-state index is 0. The number of carbonyl (C=O) groups excluding carboxylic acids is 2. The SMILES string of the molecule is Cl.O=C(CN1C(=O)COc2ccc([N+](=O)[O-])cc21)N1CC[C@@H]2CNC[C@@H]2CC1. The van der Waals surface area contributed by atoms with Gasteiger partial charge in [-0.1, -0.05) is 0 Å². The highest BCUT2D eigenvalue weighted by Gasteiger charge is 2.34. The molecule has 0 aromatic heterocycles. The zero-order valence-electron chi connectivity index (χ0n) is 15.3. The number of ether oxygens (including phenoxy) is 1. The lowest BCUT2D eigenvalue weighted by molar-refractivity contribution is -0.384. The predicted molar refractivity (Wildman–Crippen MR) is 104 cm³/mol. The number of nitrogens with one attached hydrogen (secondary N) is 1. The molecule has 0 bridgehead atoms. The number of carbonyl (C=O) groups is 2. The van der Waals surface area contributed by atoms with Gasteiger partial charge in [-0.05, 0) is 43.8 Å². The predicted octanol–water partition coefficient (Wildman–Crippen LogP) is 1.20. The molecule has 28 heavy (non-hydrogen) atoms. The van der Waals surface area contributed by atoms with Crippen molar-refractivity contribution in [2.45, 2.75) is 12.8 Å². The van der Waals surface area contributed by atoms with Gasteiger partial charge in [0.2, 0.25) is 5.91 Å². The lowest BCUT2D eigenvalue weighted by Gasteiger charge is -2.31. The van der Waals surface area contributed by atoms with Crippen LogP contribution in [-0.4, -0.2) is 61.0 Å². The normalized spacial score (nSPS) is 23.8. The van der Waals surface area contributed by atoms with Crippen molar-refractivity contribution in [1.82, 2.24) is 10.2 Å². The largest absolute Gasteiger partial charge is 0.482 e. The standard InChI is InChI=1S/C18H22N4O5.ClH/c23-17(20-5-3-12-8-19-9-13(12)4-6-20)10-21-15-7-14(22(25)26)1-2-16(15)27-11-18(21)24;/h1-2,7,12-13,19H,3-6,8-11H2;1H/t12-,13+;. The van der Waals surface area contributed by atoms with Crippen molar-refractivity contribution in [3.8, 4) is 5.75 Å². The second kappa shape index (κ2) is 8.32. The lowest BCUT2D eigenvalue weighted by atomic mass is 9.92. The zero-order chi connectivity index (χ0) is 19.0. The number of nitro groups is 1. The van der Waals surface area contributed by atoms with E-state index in [2.05, 4.69) is 5.32 Å². The van der Waals surface area contributed by atoms with Crippen LogP contribution in [-0.2, 0) is 9.59 Å². The number of benzene rings is 1. The van der Waals surface area contributed by atoms with E-state index in [1.165, 1.54) is 23.1 Å². The Hall–Kier alpha value is -2.39. The molecule has 9 nitrogen and oxygen atoms in total. The first kappa shape index (κ1) is 20.3. The van der Waals surface area contributed by atoms with Gasteiger partial charge in [0.15, 0.2) is 6.61 Å². The quantitative estimate of drug-likeness (QED) is 0.593. The van der Waals surface area contributed by atoms with E-state index in [9.17, 15) is 19.7 Å². The summed E-state index contributed by atoms with van der Waals surface area (Å²) >= 11 is 0. The Morgan fingerprint density at radius 3 is 2.57 bits per heavy atom. The molecule has 4 rings (SSSR count). The zero-order valence-corrected chi connectivity index (χ0v) is 16.2. The molecule has 1 aromatic rings. The highest BCUT2D eigenvalue weighted by atomic mass is 35.5. The minimum atomic E-state index is -0.527. The molecular weight excluding hydrogens is 388 g/mol. The van der Waals surface area contributed by atoms with Gasteiger partial charge >= 0.3 is 0 Å². The number of nitrogens with zero attached hydrogens (tertiary/aromatic N) is 3. The molecule has 2 atom stereocenters. The summed E-state index contributed by atoms with van der Waals surface area (Å²) in [5, 5.41) is 14.5. The van der Waals surface area contributed by atoms with E-state index < -0.39 is 4.92 Å². The van der Waals surface area contributed by atoms with E-state index in [4.69, 9.17) is 4.74 Å². The third-order valence-electron chi connectivity index (χ3n) is 5.76. The van der Waals surface area contributed by atoms with Crippen LogP contribution in [0.25, 0.3) is 0 Å². The summed E-state index contributed by atoms with van der Waals surface area (Å²) in [6.45, 7) is 3.08. The Morgan fingerprint density at radius 1 is 1.25 bits per heavy atom. The Kier molecular flexibility index (Phi) is 6.04. The van der Waals surface area contributed by atoms with Crippen LogP contribution in [0, 0.1) is 22.0 Å². The molecule has 0 spiro atoms. The van der Waals surface area contributed by atoms with Crippen LogP contribution in [0.1, 0.15) is 12.8 Å². The van der Waals surface area contributed by atoms with Crippen molar-refractivity contribution < 1.29 is 19.2 Å². The molecule has 1 N–H and O–H groups in total. The number of hydrogen-bond donors (Lipinski definition) is 1. The summed E-state index contributed by atoms with van der Waals surface area (Å²) in [5.74, 6) is 1.10. The summed E-state index contributed by atoms with van der Waals surface area (Å²) in [6, 6.07) is 4.09. The van der Waals surface area contributed by atoms with Crippen LogP contribution < -0.4 is 15.0 Å². The Labute approximate surface area is 168 Å². The van der Waals surface area contributed by atoms with Crippen molar-refractivity contribution in [3.05, 3.63) is 28.3 Å². The molecule has 10 heteroatoms. The molecule has 152 valence electrons. The molecular formula is C18H23ClN4O5. The molecule has 2 saturated heterocycles. The van der Waals surface area contributed by atoms with Gasteiger partial charge in [0.05, 0.1) is 10.6 Å². The average Bonchev–Trinajstić information content (AvgIpc) is 3.01. The number of non-ortho nitro benzene ring substituents is 1. The van der Waals surface area contributed by atoms with E-state index in [-0.39, 0.29) is 48.7 Å². The van der Waals surface area contributed by atoms with Crippen molar-refractivity contribution in [2.24, 2.45) is 11.8 Å². The smallest absolute Gasteiger partial charge is 0.271 e. The first-order valence-corrected chi connectivity index (χ1v) is 9.23. The number of nitro benzene ring substituents is 1. The van der Waals surface area contributed by atoms with Crippen molar-refractivity contribution in [3.63, 3.8) is 0 Å². The minimum Gasteiger partial charge on any atom is -0.482 e. The third kappa shape index (κ3) is 3.90. The molecule has 2 fully saturated rings. The first-order valence-electron chi connectivity index (χ1n) is 9.23. The number of hydrogen-bond acceptors (Lipinski definition) is 6. The summed E-state index contributed by atoms with van der Waals surface area (Å²) in [4.78, 5) is 38.8. The topological polar surface area (TPSA) is 105 Å². The molecule has 0 aliphatic carbocycles. The van der Waals surface area contributed by atoms with Gasteiger partial charge in [-0.25, -0.2) is 0 Å². The van der Waals surface area contributed by atoms with E-state index in [0.717, 1.165) is 25.9 Å². The molecule has 0 unspecified atom stereocenters. The maximum Gasteiger partial charge on any atom is 0.271 e. The molecule has 3 heterocycles. The number of likely N-dealkylation sites (tertiary alicyclic amines) is 1. The van der Waals surface area contributed by atoms with Crippen LogP contribution in [0.3, 0.4) is 0 Å². The van der Waals surface area contributed by atoms with Crippen LogP contribution in [0.5, 0.6) is 5.75 Å². The van der Waals surface area contributed by atoms with Gasteiger partial charge in [-0.15, -0.1) is 12.4 Å². The monoisotopic (exact) mass is 410 g/mol. The van der Waals surface area contributed by atoms with E-state index in [1.807, 2.05) is 4.90 Å². The van der Waals surface area contributed by atoms with Gasteiger partial charge in [-0.2, -0.15) is 0 Å². The molecule has 0 radical (unpaired) electrons. The highest BCUT2D eigenvalue weighted by Crippen LogP contribution is 2.35. The highest BCUT2D eigenvalue weighted by molar-refractivity contribution is 6.02. The summed E-state index contributed by atoms with van der Waals surface area (Å²) in [5.41, 5.74) is 0.143. The summed E-state index contributed by atoms with van der Waals surface area (Å²) < 4.78 is 5.35. The van der Waals surface area contributed by atoms with Crippen LogP contribution in [0.4, 0.5) is 11.4 Å². The third-order valence-corrected chi connectivity index (χ3v) is 5.76. The van der Waals surface area contributed by atoms with Crippen molar-refractivity contribution >= 4 is 35.6 Å². The number of amides is 2. The molecule has 3 aliphatic rings. The van der Waals surface area contributed by atoms with E-state index in [0.29, 0.717) is 30.7 Å². The second-order valence-corrected chi connectivity index (χ2v) is 7.31. The lowest BCUT2D eigenvalue weighted by Crippen LogP contribution is -2.46. The van der Waals surface area contributed by atoms with Gasteiger partial charge in [0, 0.05) is 25.2 Å². The summed E-state index contributed by atoms with van der Waals surface area (Å²) in [6.07, 6.45) is 1.92. The van der Waals surface area contributed by atoms with Crippen molar-refractivity contribution in [2.75, 3.05) is 44.2 Å². The van der Waals surface area contributed by atoms with Crippen LogP contribution in [0.15, 0.2) is 18.2 Å². The average molecular weight is 411 g/mol. The Balaban J connectivity index is 0.00000225. The van der Waals surface area contributed by atoms with Crippen LogP contribution >= 0.6 is 12.4 Å². The molecule has 1 aromatic carbocycles. The second-order valence-electron chi connectivity index (χ2n) is 7.31. The number of anilines is 1. The first-order chi connectivity index (χ1) is 13.0. The van der Waals surface area contributed by atoms with E-state index in [1.54, 1.807) is 0 Å². The maximum atomic E-state index is 12.9. The Bertz CT molecular complexity index is 775. The number of halogens is 1.